The number of nitrogens with zero attached hydrogens (tertiary/aromatic N) is 2. The summed E-state index contributed by atoms with van der Waals surface area (Å²) < 4.78 is 15.5. The van der Waals surface area contributed by atoms with E-state index < -0.39 is 11.7 Å². The summed E-state index contributed by atoms with van der Waals surface area (Å²) in [5.74, 6) is -0.252. The Kier molecular flexibility index (Phi) is 9.01. The van der Waals surface area contributed by atoms with Crippen LogP contribution in [0.1, 0.15) is 19.3 Å². The van der Waals surface area contributed by atoms with E-state index in [0.717, 1.165) is 18.4 Å². The Hall–Kier alpha value is -2.34. The van der Waals surface area contributed by atoms with Crippen LogP contribution in [0.3, 0.4) is 0 Å². The van der Waals surface area contributed by atoms with Crippen LogP contribution in [0, 0.1) is 11.3 Å². The molecule has 28 heavy (non-hydrogen) atoms. The number of rotatable bonds is 8. The molecule has 2 rings (SSSR count). The van der Waals surface area contributed by atoms with Crippen LogP contribution in [0.5, 0.6) is 0 Å². The number of methoxy groups -OCH3 is 2. The molecule has 0 saturated carbocycles. The standard InChI is InChI=1S/C20H24N2O5S/c1-25-18-12-14(8-9-17(23)19(22-21)20(24)26-2)15(13-27-18)10-11-28-16-6-4-3-5-7-16/h3-7,10,14,18H,8-9,11-13H2,1-2H3/p+1/b15-10-/t14-,18+/m0/s1. The van der Waals surface area contributed by atoms with Gasteiger partial charge in [0, 0.05) is 30.6 Å². The molecule has 0 bridgehead atoms. The van der Waals surface area contributed by atoms with Gasteiger partial charge in [0.25, 0.3) is 0 Å². The first-order chi connectivity index (χ1) is 13.6. The van der Waals surface area contributed by atoms with Crippen molar-refractivity contribution in [3.05, 3.63) is 58.4 Å². The lowest BCUT2D eigenvalue weighted by molar-refractivity contribution is -0.143. The molecule has 1 fully saturated rings. The van der Waals surface area contributed by atoms with Gasteiger partial charge in [0.15, 0.2) is 17.0 Å². The summed E-state index contributed by atoms with van der Waals surface area (Å²) in [7, 11) is 2.76. The SMILES string of the molecule is COC(=O)/C([N+]#N)=C(\O)CC[C@H]1C[C@H](OC)OC/C1=C/CSc1ccccc1. The maximum atomic E-state index is 11.5. The first-order valence-corrected chi connectivity index (χ1v) is 9.94. The van der Waals surface area contributed by atoms with Gasteiger partial charge in [-0.3, -0.25) is 0 Å². The zero-order chi connectivity index (χ0) is 20.4. The summed E-state index contributed by atoms with van der Waals surface area (Å²) in [4.78, 5) is 15.6. The molecule has 1 aromatic carbocycles. The molecule has 0 spiro atoms. The molecule has 1 saturated heterocycles. The van der Waals surface area contributed by atoms with Crippen molar-refractivity contribution < 1.29 is 24.1 Å². The van der Waals surface area contributed by atoms with Crippen molar-refractivity contribution in [3.63, 3.8) is 0 Å². The van der Waals surface area contributed by atoms with Gasteiger partial charge in [-0.1, -0.05) is 24.3 Å². The Labute approximate surface area is 169 Å². The monoisotopic (exact) mass is 405 g/mol. The number of thioether (sulfide) groups is 1. The van der Waals surface area contributed by atoms with E-state index >= 15 is 0 Å². The summed E-state index contributed by atoms with van der Waals surface area (Å²) in [6.45, 7) is 0.456. The Morgan fingerprint density at radius 2 is 2.14 bits per heavy atom. The number of allylic oxidation sites excluding steroid dienone is 1. The highest BCUT2D eigenvalue weighted by Crippen LogP contribution is 2.32. The van der Waals surface area contributed by atoms with E-state index in [1.807, 2.05) is 18.2 Å². The van der Waals surface area contributed by atoms with E-state index in [9.17, 15) is 9.90 Å². The predicted molar refractivity (Wildman–Crippen MR) is 106 cm³/mol. The van der Waals surface area contributed by atoms with Gasteiger partial charge in [-0.25, -0.2) is 4.79 Å². The zero-order valence-corrected chi connectivity index (χ0v) is 16.9. The zero-order valence-electron chi connectivity index (χ0n) is 16.0. The number of aliphatic hydroxyl groups excluding tert-OH is 1. The average molecular weight is 405 g/mol. The first-order valence-electron chi connectivity index (χ1n) is 8.95. The molecule has 0 aromatic heterocycles. The Morgan fingerprint density at radius 1 is 1.39 bits per heavy atom. The third-order valence-corrected chi connectivity index (χ3v) is 5.46. The highest BCUT2D eigenvalue weighted by molar-refractivity contribution is 7.99. The third-order valence-electron chi connectivity index (χ3n) is 4.52. The van der Waals surface area contributed by atoms with Crippen molar-refractivity contribution >= 4 is 17.7 Å². The number of carbonyl (C=O) groups excluding carboxylic acids is 1. The first kappa shape index (κ1) is 22.0. The number of diazo groups is 1. The van der Waals surface area contributed by atoms with Crippen molar-refractivity contribution in [2.24, 2.45) is 5.92 Å². The third kappa shape index (κ3) is 6.37. The molecule has 2 atom stereocenters. The molecule has 1 aromatic rings. The number of hydrogen-bond donors (Lipinski definition) is 1. The maximum absolute atomic E-state index is 11.5. The highest BCUT2D eigenvalue weighted by Gasteiger charge is 2.32. The largest absolute Gasteiger partial charge is 0.505 e. The Morgan fingerprint density at radius 3 is 2.79 bits per heavy atom. The fourth-order valence-electron chi connectivity index (χ4n) is 2.96. The number of ether oxygens (including phenoxy) is 3. The van der Waals surface area contributed by atoms with Crippen molar-refractivity contribution in [2.45, 2.75) is 30.4 Å². The van der Waals surface area contributed by atoms with Gasteiger partial charge >= 0.3 is 11.7 Å². The molecule has 0 unspecified atom stereocenters. The second-order valence-corrected chi connectivity index (χ2v) is 7.33. The molecule has 1 N–H and O–H groups in total. The van der Waals surface area contributed by atoms with Crippen LogP contribution in [0.15, 0.2) is 58.3 Å². The van der Waals surface area contributed by atoms with Gasteiger partial charge in [0.05, 0.1) is 13.7 Å². The minimum absolute atomic E-state index is 0.120. The van der Waals surface area contributed by atoms with Crippen molar-refractivity contribution in [1.29, 1.82) is 5.39 Å². The van der Waals surface area contributed by atoms with Gasteiger partial charge in [-0.05, 0) is 30.0 Å². The van der Waals surface area contributed by atoms with Crippen LogP contribution in [0.25, 0.3) is 4.98 Å². The van der Waals surface area contributed by atoms with Crippen molar-refractivity contribution in [1.82, 2.24) is 0 Å². The van der Waals surface area contributed by atoms with Gasteiger partial charge in [-0.2, -0.15) is 0 Å². The van der Waals surface area contributed by atoms with E-state index in [0.29, 0.717) is 19.4 Å². The summed E-state index contributed by atoms with van der Waals surface area (Å²) >= 11 is 1.73. The maximum Gasteiger partial charge on any atom is 0.505 e. The van der Waals surface area contributed by atoms with Gasteiger partial charge in [0.1, 0.15) is 0 Å². The molecule has 0 radical (unpaired) electrons. The van der Waals surface area contributed by atoms with E-state index in [2.05, 4.69) is 27.9 Å². The predicted octanol–water partition coefficient (Wildman–Crippen LogP) is 4.29. The minimum Gasteiger partial charge on any atom is -0.505 e. The fourth-order valence-corrected chi connectivity index (χ4v) is 3.80. The number of aliphatic hydroxyl groups is 1. The normalized spacial score (nSPS) is 21.7. The van der Waals surface area contributed by atoms with Crippen LogP contribution < -0.4 is 0 Å². The Bertz CT molecular complexity index is 758. The summed E-state index contributed by atoms with van der Waals surface area (Å²) in [6.07, 6.45) is 3.23. The molecule has 1 aliphatic rings. The second kappa shape index (κ2) is 11.5. The Balaban J connectivity index is 2.03. The van der Waals surface area contributed by atoms with Crippen molar-refractivity contribution in [2.75, 3.05) is 26.6 Å². The molecule has 8 heteroatoms. The van der Waals surface area contributed by atoms with Crippen LogP contribution in [-0.2, 0) is 19.0 Å². The van der Waals surface area contributed by atoms with Gasteiger partial charge < -0.3 is 19.3 Å². The summed E-state index contributed by atoms with van der Waals surface area (Å²) in [5, 5.41) is 19.1. The quantitative estimate of drug-likeness (QED) is 0.172. The van der Waals surface area contributed by atoms with E-state index in [4.69, 9.17) is 14.9 Å². The van der Waals surface area contributed by atoms with Crippen LogP contribution in [0.4, 0.5) is 0 Å². The second-order valence-electron chi connectivity index (χ2n) is 6.24. The number of carbonyl (C=O) groups is 1. The van der Waals surface area contributed by atoms with Crippen LogP contribution >= 0.6 is 11.8 Å². The number of benzene rings is 1. The molecule has 0 aliphatic carbocycles. The smallest absolute Gasteiger partial charge is 0.505 e. The topological polar surface area (TPSA) is 93.1 Å². The van der Waals surface area contributed by atoms with E-state index in [-0.39, 0.29) is 24.4 Å². The number of esters is 1. The summed E-state index contributed by atoms with van der Waals surface area (Å²) in [5.41, 5.74) is 0.660. The van der Waals surface area contributed by atoms with Crippen LogP contribution in [-0.4, -0.2) is 43.9 Å². The molecule has 1 heterocycles. The fraction of sp³-hybridized carbons (Fsp3) is 0.450. The van der Waals surface area contributed by atoms with E-state index in [1.54, 1.807) is 18.9 Å². The highest BCUT2D eigenvalue weighted by atomic mass is 32.2. The summed E-state index contributed by atoms with van der Waals surface area (Å²) in [6, 6.07) is 10.1. The molecule has 1 aliphatic heterocycles. The minimum atomic E-state index is -0.878. The van der Waals surface area contributed by atoms with Gasteiger partial charge in [0.2, 0.25) is 5.39 Å². The molecule has 0 amide bonds. The molecule has 150 valence electrons. The lowest BCUT2D eigenvalue weighted by Crippen LogP contribution is -2.29. The van der Waals surface area contributed by atoms with E-state index in [1.165, 1.54) is 4.90 Å². The van der Waals surface area contributed by atoms with Crippen molar-refractivity contribution in [3.8, 4) is 0 Å². The molecular formula is C20H25N2O5S+. The lowest BCUT2D eigenvalue weighted by Gasteiger charge is -2.31. The van der Waals surface area contributed by atoms with Gasteiger partial charge in [-0.15, -0.1) is 11.8 Å². The number of hydrogen-bond acceptors (Lipinski definition) is 7. The average Bonchev–Trinajstić information content (AvgIpc) is 2.73. The molecular weight excluding hydrogens is 380 g/mol. The lowest BCUT2D eigenvalue weighted by atomic mass is 9.88. The molecule has 7 nitrogen and oxygen atoms in total. The van der Waals surface area contributed by atoms with Crippen LogP contribution in [0.2, 0.25) is 0 Å².